The molecule has 2 amide bonds. The summed E-state index contributed by atoms with van der Waals surface area (Å²) in [6.07, 6.45) is 0.183. The predicted molar refractivity (Wildman–Crippen MR) is 256 cm³/mol. The summed E-state index contributed by atoms with van der Waals surface area (Å²) in [4.78, 5) is 109. The van der Waals surface area contributed by atoms with Crippen LogP contribution in [0, 0.1) is 16.2 Å². The summed E-state index contributed by atoms with van der Waals surface area (Å²) in [5.74, 6) is -2.41. The molecule has 0 bridgehead atoms. The topological polar surface area (TPSA) is 412 Å². The number of nitrogens with two attached hydrogens (primary N) is 1. The molecule has 3 aromatic rings. The first-order chi connectivity index (χ1) is 34.3. The van der Waals surface area contributed by atoms with Crippen LogP contribution in [0.25, 0.3) is 11.2 Å². The van der Waals surface area contributed by atoms with E-state index < -0.39 is 90.5 Å². The number of carboxylic acids is 1. The fraction of sp³-hybridized carbons (Fsp3) is 0.667. The SMILES string of the molecule is CC(C)(CCCCc1ccccc1CCCCC(C)(C)CC(=O)CCNC(=O)CCNC(=O)C(O)C(C)(C)COP(=O)([O-])OP(=O)([O-])OCC1OC(n2cnc3c(N)ncnc32)C(O)C1OP(=O)([O-])[O-])CC(=O)O. The molecule has 0 spiro atoms. The highest BCUT2D eigenvalue weighted by molar-refractivity contribution is 7.59. The van der Waals surface area contributed by atoms with Gasteiger partial charge in [0.1, 0.15) is 42.0 Å². The van der Waals surface area contributed by atoms with Gasteiger partial charge in [0.25, 0.3) is 15.6 Å². The summed E-state index contributed by atoms with van der Waals surface area (Å²) in [5.41, 5.74) is 6.15. The van der Waals surface area contributed by atoms with Gasteiger partial charge in [-0.25, -0.2) is 19.3 Å². The number of phosphoric acid groups is 3. The van der Waals surface area contributed by atoms with Crippen LogP contribution in [-0.2, 0) is 68.3 Å². The van der Waals surface area contributed by atoms with E-state index in [0.29, 0.717) is 6.42 Å². The van der Waals surface area contributed by atoms with Gasteiger partial charge in [-0.15, -0.1) is 0 Å². The number of nitrogens with zero attached hydrogens (tertiary/aromatic N) is 4. The predicted octanol–water partition coefficient (Wildman–Crippen LogP) is 1.88. The van der Waals surface area contributed by atoms with Crippen molar-refractivity contribution in [2.75, 3.05) is 32.0 Å². The normalized spacial score (nSPS) is 19.7. The molecule has 0 aliphatic carbocycles. The Morgan fingerprint density at radius 2 is 1.42 bits per heavy atom. The molecule has 0 radical (unpaired) electrons. The van der Waals surface area contributed by atoms with Gasteiger partial charge in [-0.2, -0.15) is 0 Å². The molecule has 1 aliphatic rings. The van der Waals surface area contributed by atoms with Crippen molar-refractivity contribution in [3.8, 4) is 0 Å². The van der Waals surface area contributed by atoms with Crippen molar-refractivity contribution in [3.63, 3.8) is 0 Å². The number of carbonyl (C=O) groups excluding carboxylic acids is 3. The van der Waals surface area contributed by atoms with Crippen molar-refractivity contribution in [1.29, 1.82) is 0 Å². The summed E-state index contributed by atoms with van der Waals surface area (Å²) in [7, 11) is -17.7. The number of amides is 2. The first kappa shape index (κ1) is 62.4. The van der Waals surface area contributed by atoms with Crippen LogP contribution in [0.15, 0.2) is 36.9 Å². The van der Waals surface area contributed by atoms with Gasteiger partial charge in [0.15, 0.2) is 17.7 Å². The number of nitrogen functional groups attached to an aromatic ring is 1. The van der Waals surface area contributed by atoms with E-state index in [-0.39, 0.29) is 65.9 Å². The van der Waals surface area contributed by atoms with Gasteiger partial charge in [0.05, 0.1) is 33.8 Å². The number of hydrogen-bond donors (Lipinski definition) is 6. The third-order valence-corrected chi connectivity index (χ3v) is 15.3. The molecule has 29 heteroatoms. The highest BCUT2D eigenvalue weighted by Gasteiger charge is 2.47. The average molecular weight is 1100 g/mol. The zero-order valence-electron chi connectivity index (χ0n) is 42.2. The molecule has 7 N–H and O–H groups in total. The number of ketones is 1. The van der Waals surface area contributed by atoms with Crippen molar-refractivity contribution in [1.82, 2.24) is 30.2 Å². The number of aryl methyl sites for hydroxylation is 2. The van der Waals surface area contributed by atoms with Crippen LogP contribution in [0.3, 0.4) is 0 Å². The Hall–Kier alpha value is -4.10. The van der Waals surface area contributed by atoms with E-state index in [9.17, 15) is 62.7 Å². The number of carbonyl (C=O) groups is 4. The van der Waals surface area contributed by atoms with E-state index in [4.69, 9.17) is 15.6 Å². The zero-order valence-corrected chi connectivity index (χ0v) is 44.9. The lowest BCUT2D eigenvalue weighted by atomic mass is 9.81. The van der Waals surface area contributed by atoms with Gasteiger partial charge in [-0.3, -0.25) is 32.9 Å². The Labute approximate surface area is 429 Å². The molecule has 74 heavy (non-hydrogen) atoms. The highest BCUT2D eigenvalue weighted by Crippen LogP contribution is 2.56. The van der Waals surface area contributed by atoms with E-state index in [2.05, 4.69) is 55.6 Å². The number of unbranched alkanes of at least 4 members (excludes halogenated alkanes) is 2. The molecule has 2 aromatic heterocycles. The van der Waals surface area contributed by atoms with E-state index in [0.717, 1.165) is 68.6 Å². The molecule has 3 heterocycles. The molecule has 4 rings (SSSR count). The molecule has 416 valence electrons. The lowest BCUT2D eigenvalue weighted by Crippen LogP contribution is -2.46. The quantitative estimate of drug-likeness (QED) is 0.0374. The maximum absolute atomic E-state index is 12.8. The van der Waals surface area contributed by atoms with Crippen LogP contribution >= 0.6 is 23.5 Å². The van der Waals surface area contributed by atoms with E-state index in [1.165, 1.54) is 25.0 Å². The van der Waals surface area contributed by atoms with Crippen LogP contribution in [0.2, 0.25) is 0 Å². The van der Waals surface area contributed by atoms with Gasteiger partial charge >= 0.3 is 5.97 Å². The van der Waals surface area contributed by atoms with E-state index >= 15 is 0 Å². The number of anilines is 1. The van der Waals surface area contributed by atoms with Crippen molar-refractivity contribution < 1.29 is 90.4 Å². The van der Waals surface area contributed by atoms with Gasteiger partial charge in [-0.05, 0) is 60.5 Å². The summed E-state index contributed by atoms with van der Waals surface area (Å²) < 4.78 is 61.0. The lowest BCUT2D eigenvalue weighted by molar-refractivity contribution is -0.347. The number of fused-ring (bicyclic) bond motifs is 1. The number of benzene rings is 1. The number of aromatic nitrogens is 4. The number of nitrogens with one attached hydrogen (secondary N) is 2. The lowest BCUT2D eigenvalue weighted by Gasteiger charge is -2.36. The number of aliphatic carboxylic acids is 1. The summed E-state index contributed by atoms with van der Waals surface area (Å²) in [6.45, 7) is 7.94. The molecule has 26 nitrogen and oxygen atoms in total. The molecule has 1 aliphatic heterocycles. The Morgan fingerprint density at radius 3 is 2.01 bits per heavy atom. The van der Waals surface area contributed by atoms with Gasteiger partial charge in [0, 0.05) is 37.8 Å². The molecule has 0 saturated carbocycles. The molecule has 1 fully saturated rings. The van der Waals surface area contributed by atoms with Crippen LogP contribution < -0.4 is 35.9 Å². The molecular formula is C45H68N7O19P3-4. The van der Waals surface area contributed by atoms with Crippen molar-refractivity contribution in [2.45, 2.75) is 149 Å². The molecule has 1 aromatic carbocycles. The second kappa shape index (κ2) is 26.8. The molecule has 7 atom stereocenters. The molecule has 7 unspecified atom stereocenters. The Morgan fingerprint density at radius 1 is 0.838 bits per heavy atom. The fourth-order valence-corrected chi connectivity index (χ4v) is 11.1. The minimum Gasteiger partial charge on any atom is -0.790 e. The van der Waals surface area contributed by atoms with Crippen LogP contribution in [0.1, 0.15) is 123 Å². The average Bonchev–Trinajstić information content (AvgIpc) is 3.84. The number of rotatable bonds is 33. The van der Waals surface area contributed by atoms with Gasteiger partial charge in [0.2, 0.25) is 11.8 Å². The maximum atomic E-state index is 12.8. The fourth-order valence-electron chi connectivity index (χ4n) is 8.35. The summed E-state index contributed by atoms with van der Waals surface area (Å²) in [5, 5.41) is 35.7. The van der Waals surface area contributed by atoms with Crippen molar-refractivity contribution >= 4 is 64.0 Å². The minimum atomic E-state index is -5.94. The van der Waals surface area contributed by atoms with Crippen LogP contribution in [-0.4, -0.2) is 109 Å². The Balaban J connectivity index is 1.13. The number of carboxylic acid groups (broad SMARTS) is 1. The van der Waals surface area contributed by atoms with Crippen molar-refractivity contribution in [2.24, 2.45) is 16.2 Å². The second-order valence-corrected chi connectivity index (χ2v) is 24.6. The first-order valence-corrected chi connectivity index (χ1v) is 28.3. The van der Waals surface area contributed by atoms with Crippen LogP contribution in [0.5, 0.6) is 0 Å². The van der Waals surface area contributed by atoms with E-state index in [1.54, 1.807) is 0 Å². The number of aliphatic hydroxyl groups is 2. The number of aliphatic hydroxyl groups excluding tert-OH is 2. The maximum Gasteiger partial charge on any atom is 0.303 e. The number of imidazole rings is 1. The minimum absolute atomic E-state index is 0.0242. The molecule has 1 saturated heterocycles. The van der Waals surface area contributed by atoms with Gasteiger partial charge in [-0.1, -0.05) is 78.6 Å². The van der Waals surface area contributed by atoms with E-state index in [1.807, 2.05) is 39.8 Å². The van der Waals surface area contributed by atoms with Crippen LogP contribution in [0.4, 0.5) is 5.82 Å². The standard InChI is InChI=1S/C45H72N7O19P3/c1-43(2,19-11-9-15-29-13-7-8-14-30(29)16-10-12-20-44(3,4)24-34(55)56)23-31(53)17-21-47-33(54)18-22-48-41(59)38(58)45(5,6)26-68-74(65,66)71-73(63,64)67-25-32-37(70-72(60,61)62)36(57)42(69-32)52-28-51-35-39(46)49-27-50-40(35)52/h7-8,13-14,27-28,32,36-38,42,57-58H,9-12,15-26H2,1-6H3,(H,47,54)(H,48,59)(H,55,56)(H,63,64)(H,65,66)(H2,46,49,50)(H2,60,61,62)/p-4. The summed E-state index contributed by atoms with van der Waals surface area (Å²) >= 11 is 0. The smallest absolute Gasteiger partial charge is 0.303 e. The summed E-state index contributed by atoms with van der Waals surface area (Å²) in [6, 6.07) is 8.36. The number of ether oxygens (including phenoxy) is 1. The monoisotopic (exact) mass is 1100 g/mol. The van der Waals surface area contributed by atoms with Crippen molar-refractivity contribution in [3.05, 3.63) is 48.0 Å². The third-order valence-electron chi connectivity index (χ3n) is 12.3. The second-order valence-electron chi connectivity index (χ2n) is 20.5. The number of phosphoric ester groups is 3. The zero-order chi connectivity index (χ0) is 55.3. The third kappa shape index (κ3) is 20.5. The Bertz CT molecular complexity index is 2540. The Kier molecular flexibility index (Phi) is 22.6. The van der Waals surface area contributed by atoms with Gasteiger partial charge < -0.3 is 74.1 Å². The molecular weight excluding hydrogens is 1040 g/mol. The largest absolute Gasteiger partial charge is 0.790 e. The first-order valence-electron chi connectivity index (χ1n) is 23.9. The number of hydrogen-bond acceptors (Lipinski definition) is 22. The number of Topliss-reactive ketones (excluding diaryl/α,β-unsaturated/α-hetero) is 1. The highest BCUT2D eigenvalue weighted by atomic mass is 31.3.